The Labute approximate surface area is 115 Å². The minimum Gasteiger partial charge on any atom is -0.495 e. The topological polar surface area (TPSA) is 79.9 Å². The average Bonchev–Trinajstić information content (AvgIpc) is 2.88. The number of halogens is 1. The van der Waals surface area contributed by atoms with Crippen LogP contribution in [0.15, 0.2) is 18.2 Å². The zero-order valence-electron chi connectivity index (χ0n) is 10.5. The SMILES string of the molecule is CCc1nc(C(=O)Nc2cc(Cl)ccc2OC)n[nH]1. The lowest BCUT2D eigenvalue weighted by molar-refractivity contribution is 0.101. The number of rotatable bonds is 4. The number of aryl methyl sites for hydroxylation is 1. The van der Waals surface area contributed by atoms with Crippen molar-refractivity contribution in [3.63, 3.8) is 0 Å². The molecule has 0 aliphatic rings. The summed E-state index contributed by atoms with van der Waals surface area (Å²) in [6, 6.07) is 4.96. The van der Waals surface area contributed by atoms with E-state index < -0.39 is 5.91 Å². The minimum atomic E-state index is -0.420. The van der Waals surface area contributed by atoms with Crippen LogP contribution in [0.5, 0.6) is 5.75 Å². The van der Waals surface area contributed by atoms with Crippen LogP contribution in [0.2, 0.25) is 5.02 Å². The lowest BCUT2D eigenvalue weighted by atomic mass is 10.3. The maximum Gasteiger partial charge on any atom is 0.295 e. The summed E-state index contributed by atoms with van der Waals surface area (Å²) in [6.07, 6.45) is 0.681. The van der Waals surface area contributed by atoms with Gasteiger partial charge in [0, 0.05) is 11.4 Å². The number of ether oxygens (including phenoxy) is 1. The largest absolute Gasteiger partial charge is 0.495 e. The third-order valence-electron chi connectivity index (χ3n) is 2.48. The molecule has 6 nitrogen and oxygen atoms in total. The zero-order chi connectivity index (χ0) is 13.8. The summed E-state index contributed by atoms with van der Waals surface area (Å²) in [7, 11) is 1.51. The first kappa shape index (κ1) is 13.4. The maximum atomic E-state index is 12.0. The van der Waals surface area contributed by atoms with Gasteiger partial charge in [0.2, 0.25) is 5.82 Å². The van der Waals surface area contributed by atoms with Crippen LogP contribution >= 0.6 is 11.6 Å². The highest BCUT2D eigenvalue weighted by Gasteiger charge is 2.14. The fourth-order valence-corrected chi connectivity index (χ4v) is 1.68. The van der Waals surface area contributed by atoms with E-state index in [1.54, 1.807) is 18.2 Å². The molecule has 1 aromatic carbocycles. The molecule has 0 unspecified atom stereocenters. The van der Waals surface area contributed by atoms with E-state index in [1.807, 2.05) is 6.92 Å². The van der Waals surface area contributed by atoms with Crippen LogP contribution in [0.3, 0.4) is 0 Å². The highest BCUT2D eigenvalue weighted by molar-refractivity contribution is 6.31. The predicted molar refractivity (Wildman–Crippen MR) is 71.7 cm³/mol. The van der Waals surface area contributed by atoms with Crippen LogP contribution in [-0.2, 0) is 6.42 Å². The first-order chi connectivity index (χ1) is 9.13. The van der Waals surface area contributed by atoms with E-state index in [-0.39, 0.29) is 5.82 Å². The normalized spacial score (nSPS) is 10.3. The van der Waals surface area contributed by atoms with Crippen molar-refractivity contribution in [2.24, 2.45) is 0 Å². The lowest BCUT2D eigenvalue weighted by Crippen LogP contribution is -2.14. The second-order valence-electron chi connectivity index (χ2n) is 3.76. The zero-order valence-corrected chi connectivity index (χ0v) is 11.3. The molecule has 100 valence electrons. The Hall–Kier alpha value is -2.08. The van der Waals surface area contributed by atoms with Crippen molar-refractivity contribution >= 4 is 23.2 Å². The van der Waals surface area contributed by atoms with E-state index in [9.17, 15) is 4.79 Å². The molecule has 0 aliphatic heterocycles. The van der Waals surface area contributed by atoms with E-state index in [0.29, 0.717) is 28.7 Å². The third-order valence-corrected chi connectivity index (χ3v) is 2.71. The number of benzene rings is 1. The van der Waals surface area contributed by atoms with Gasteiger partial charge in [-0.25, -0.2) is 4.98 Å². The van der Waals surface area contributed by atoms with Crippen molar-refractivity contribution in [1.29, 1.82) is 0 Å². The Balaban J connectivity index is 2.20. The van der Waals surface area contributed by atoms with E-state index in [0.717, 1.165) is 0 Å². The van der Waals surface area contributed by atoms with Gasteiger partial charge in [0.1, 0.15) is 11.6 Å². The second-order valence-corrected chi connectivity index (χ2v) is 4.19. The van der Waals surface area contributed by atoms with E-state index >= 15 is 0 Å². The number of hydrogen-bond donors (Lipinski definition) is 2. The minimum absolute atomic E-state index is 0.0823. The number of aromatic amines is 1. The first-order valence-corrected chi connectivity index (χ1v) is 6.08. The van der Waals surface area contributed by atoms with Gasteiger partial charge in [-0.1, -0.05) is 18.5 Å². The van der Waals surface area contributed by atoms with Gasteiger partial charge in [-0.3, -0.25) is 9.89 Å². The van der Waals surface area contributed by atoms with Gasteiger partial charge in [0.05, 0.1) is 12.8 Å². The van der Waals surface area contributed by atoms with Crippen LogP contribution < -0.4 is 10.1 Å². The van der Waals surface area contributed by atoms with Crippen LogP contribution in [0.1, 0.15) is 23.4 Å². The molecule has 0 bridgehead atoms. The van der Waals surface area contributed by atoms with Gasteiger partial charge in [-0.2, -0.15) is 0 Å². The van der Waals surface area contributed by atoms with Gasteiger partial charge >= 0.3 is 0 Å². The highest BCUT2D eigenvalue weighted by Crippen LogP contribution is 2.27. The van der Waals surface area contributed by atoms with Crippen molar-refractivity contribution < 1.29 is 9.53 Å². The summed E-state index contributed by atoms with van der Waals surface area (Å²) in [5.74, 6) is 0.836. The van der Waals surface area contributed by atoms with Crippen LogP contribution in [-0.4, -0.2) is 28.2 Å². The Morgan fingerprint density at radius 1 is 1.53 bits per heavy atom. The molecule has 1 heterocycles. The number of anilines is 1. The molecule has 2 aromatic rings. The summed E-state index contributed by atoms with van der Waals surface area (Å²) in [5, 5.41) is 9.68. The van der Waals surface area contributed by atoms with Gasteiger partial charge in [0.15, 0.2) is 0 Å². The summed E-state index contributed by atoms with van der Waals surface area (Å²) < 4.78 is 5.14. The number of nitrogens with zero attached hydrogens (tertiary/aromatic N) is 2. The Morgan fingerprint density at radius 3 is 2.95 bits per heavy atom. The highest BCUT2D eigenvalue weighted by atomic mass is 35.5. The summed E-state index contributed by atoms with van der Waals surface area (Å²) >= 11 is 5.89. The van der Waals surface area contributed by atoms with Crippen molar-refractivity contribution in [2.45, 2.75) is 13.3 Å². The molecule has 0 radical (unpaired) electrons. The summed E-state index contributed by atoms with van der Waals surface area (Å²) in [6.45, 7) is 1.92. The number of amides is 1. The number of aromatic nitrogens is 3. The fourth-order valence-electron chi connectivity index (χ4n) is 1.51. The monoisotopic (exact) mass is 280 g/mol. The number of nitrogens with one attached hydrogen (secondary N) is 2. The molecule has 2 rings (SSSR count). The molecule has 7 heteroatoms. The number of methoxy groups -OCH3 is 1. The fraction of sp³-hybridized carbons (Fsp3) is 0.250. The molecule has 0 spiro atoms. The molecule has 1 amide bonds. The van der Waals surface area contributed by atoms with E-state index in [1.165, 1.54) is 7.11 Å². The van der Waals surface area contributed by atoms with Crippen molar-refractivity contribution in [2.75, 3.05) is 12.4 Å². The molecule has 0 fully saturated rings. The summed E-state index contributed by atoms with van der Waals surface area (Å²) in [4.78, 5) is 16.0. The summed E-state index contributed by atoms with van der Waals surface area (Å²) in [5.41, 5.74) is 0.475. The Morgan fingerprint density at radius 2 is 2.32 bits per heavy atom. The van der Waals surface area contributed by atoms with Crippen LogP contribution in [0.4, 0.5) is 5.69 Å². The standard InChI is InChI=1S/C12H13ClN4O2/c1-3-10-15-11(17-16-10)12(18)14-8-6-7(13)4-5-9(8)19-2/h4-6H,3H2,1-2H3,(H,14,18)(H,15,16,17). The average molecular weight is 281 g/mol. The molecule has 1 aromatic heterocycles. The molecule has 0 atom stereocenters. The molecule has 0 aliphatic carbocycles. The van der Waals surface area contributed by atoms with Crippen LogP contribution in [0.25, 0.3) is 0 Å². The Bertz CT molecular complexity index is 597. The van der Waals surface area contributed by atoms with E-state index in [2.05, 4.69) is 20.5 Å². The van der Waals surface area contributed by atoms with Crippen molar-refractivity contribution in [1.82, 2.24) is 15.2 Å². The third kappa shape index (κ3) is 3.03. The molecule has 0 saturated carbocycles. The van der Waals surface area contributed by atoms with E-state index in [4.69, 9.17) is 16.3 Å². The Kier molecular flexibility index (Phi) is 4.01. The van der Waals surface area contributed by atoms with Gasteiger partial charge in [-0.05, 0) is 18.2 Å². The lowest BCUT2D eigenvalue weighted by Gasteiger charge is -2.08. The number of hydrogen-bond acceptors (Lipinski definition) is 4. The van der Waals surface area contributed by atoms with Gasteiger partial charge < -0.3 is 10.1 Å². The second kappa shape index (κ2) is 5.71. The van der Waals surface area contributed by atoms with Crippen molar-refractivity contribution in [3.8, 4) is 5.75 Å². The van der Waals surface area contributed by atoms with Gasteiger partial charge in [-0.15, -0.1) is 5.10 Å². The smallest absolute Gasteiger partial charge is 0.295 e. The number of carbonyl (C=O) groups excluding carboxylic acids is 1. The molecule has 19 heavy (non-hydrogen) atoms. The number of carbonyl (C=O) groups is 1. The predicted octanol–water partition coefficient (Wildman–Crippen LogP) is 2.28. The molecule has 2 N–H and O–H groups in total. The molecular weight excluding hydrogens is 268 g/mol. The molecule has 0 saturated heterocycles. The van der Waals surface area contributed by atoms with Gasteiger partial charge in [0.25, 0.3) is 5.91 Å². The quantitative estimate of drug-likeness (QED) is 0.900. The first-order valence-electron chi connectivity index (χ1n) is 5.70. The van der Waals surface area contributed by atoms with Crippen LogP contribution in [0, 0.1) is 0 Å². The maximum absolute atomic E-state index is 12.0. The number of H-pyrrole nitrogens is 1. The van der Waals surface area contributed by atoms with Crippen molar-refractivity contribution in [3.05, 3.63) is 34.9 Å². The molecular formula is C12H13ClN4O2.